The normalized spacial score (nSPS) is 50.2. The molecule has 3 rings (SSSR count). The lowest BCUT2D eigenvalue weighted by Gasteiger charge is -2.28. The molecule has 0 radical (unpaired) electrons. The van der Waals surface area contributed by atoms with E-state index in [0.29, 0.717) is 5.41 Å². The van der Waals surface area contributed by atoms with Gasteiger partial charge in [0.25, 0.3) is 0 Å². The summed E-state index contributed by atoms with van der Waals surface area (Å²) in [6.45, 7) is 11.9. The van der Waals surface area contributed by atoms with Crippen LogP contribution in [0.4, 0.5) is 0 Å². The summed E-state index contributed by atoms with van der Waals surface area (Å²) in [6.07, 6.45) is 7.07. The lowest BCUT2D eigenvalue weighted by Crippen LogP contribution is -2.20. The van der Waals surface area contributed by atoms with Crippen molar-refractivity contribution in [1.29, 1.82) is 0 Å². The van der Waals surface area contributed by atoms with Crippen LogP contribution in [0.15, 0.2) is 12.2 Å². The molecule has 16 heavy (non-hydrogen) atoms. The summed E-state index contributed by atoms with van der Waals surface area (Å²) in [6, 6.07) is 0. The van der Waals surface area contributed by atoms with Crippen molar-refractivity contribution >= 4 is 0 Å². The molecule has 0 amide bonds. The van der Waals surface area contributed by atoms with Gasteiger partial charge in [0.1, 0.15) is 0 Å². The monoisotopic (exact) mass is 218 g/mol. The van der Waals surface area contributed by atoms with E-state index in [1.807, 2.05) is 0 Å². The molecule has 0 bridgehead atoms. The van der Waals surface area contributed by atoms with E-state index in [9.17, 15) is 0 Å². The molecule has 0 heterocycles. The minimum atomic E-state index is 0.645. The van der Waals surface area contributed by atoms with Gasteiger partial charge in [-0.3, -0.25) is 0 Å². The molecule has 0 nitrogen and oxygen atoms in total. The van der Waals surface area contributed by atoms with Crippen LogP contribution in [0.25, 0.3) is 0 Å². The largest absolute Gasteiger partial charge is 0.0996 e. The third kappa shape index (κ3) is 1.34. The molecule has 0 N–H and O–H groups in total. The Bertz CT molecular complexity index is 312. The minimum absolute atomic E-state index is 0.645. The van der Waals surface area contributed by atoms with E-state index in [0.717, 1.165) is 29.6 Å². The number of allylic oxidation sites excluding steroid dienone is 1. The Labute approximate surface area is 101 Å². The summed E-state index contributed by atoms with van der Waals surface area (Å²) in [5, 5.41) is 0. The first-order valence-electron chi connectivity index (χ1n) is 7.21. The van der Waals surface area contributed by atoms with Crippen LogP contribution in [0.1, 0.15) is 52.9 Å². The molecule has 0 saturated heterocycles. The van der Waals surface area contributed by atoms with Crippen molar-refractivity contribution in [3.63, 3.8) is 0 Å². The molecule has 0 spiro atoms. The van der Waals surface area contributed by atoms with E-state index in [1.54, 1.807) is 5.57 Å². The predicted octanol–water partition coefficient (Wildman–Crippen LogP) is 4.66. The van der Waals surface area contributed by atoms with Gasteiger partial charge in [0.15, 0.2) is 0 Å². The summed E-state index contributed by atoms with van der Waals surface area (Å²) in [7, 11) is 0. The highest BCUT2D eigenvalue weighted by molar-refractivity contribution is 5.17. The van der Waals surface area contributed by atoms with Crippen LogP contribution in [0.5, 0.6) is 0 Å². The summed E-state index contributed by atoms with van der Waals surface area (Å²) in [5.41, 5.74) is 2.24. The SMILES string of the molecule is C=C1CCCC2C(C3C(C)CCC13)C2(C)C. The second kappa shape index (κ2) is 3.37. The fraction of sp³-hybridized carbons (Fsp3) is 0.875. The fourth-order valence-corrected chi connectivity index (χ4v) is 5.14. The molecule has 0 aromatic carbocycles. The van der Waals surface area contributed by atoms with Gasteiger partial charge in [-0.2, -0.15) is 0 Å². The van der Waals surface area contributed by atoms with E-state index in [4.69, 9.17) is 0 Å². The molecule has 0 aliphatic heterocycles. The Balaban J connectivity index is 1.91. The van der Waals surface area contributed by atoms with Crippen LogP contribution in [0.3, 0.4) is 0 Å². The molecule has 3 fully saturated rings. The Kier molecular flexibility index (Phi) is 2.29. The predicted molar refractivity (Wildman–Crippen MR) is 69.1 cm³/mol. The minimum Gasteiger partial charge on any atom is -0.0996 e. The van der Waals surface area contributed by atoms with Crippen LogP contribution >= 0.6 is 0 Å². The lowest BCUT2D eigenvalue weighted by molar-refractivity contribution is 0.266. The maximum absolute atomic E-state index is 4.39. The molecule has 0 heteroatoms. The Morgan fingerprint density at radius 2 is 1.94 bits per heavy atom. The number of fused-ring (bicyclic) bond motifs is 3. The Morgan fingerprint density at radius 1 is 1.19 bits per heavy atom. The molecule has 5 unspecified atom stereocenters. The average molecular weight is 218 g/mol. The summed E-state index contributed by atoms with van der Waals surface area (Å²) in [4.78, 5) is 0. The second-order valence-corrected chi connectivity index (χ2v) is 7.24. The first-order valence-corrected chi connectivity index (χ1v) is 7.21. The number of hydrogen-bond donors (Lipinski definition) is 0. The van der Waals surface area contributed by atoms with Crippen LogP contribution in [0.2, 0.25) is 0 Å². The number of rotatable bonds is 0. The molecular formula is C16H26. The van der Waals surface area contributed by atoms with Crippen molar-refractivity contribution in [2.45, 2.75) is 52.9 Å². The van der Waals surface area contributed by atoms with Gasteiger partial charge >= 0.3 is 0 Å². The maximum atomic E-state index is 4.39. The van der Waals surface area contributed by atoms with Crippen molar-refractivity contribution in [1.82, 2.24) is 0 Å². The zero-order chi connectivity index (χ0) is 11.5. The third-order valence-corrected chi connectivity index (χ3v) is 6.15. The topological polar surface area (TPSA) is 0 Å². The van der Waals surface area contributed by atoms with Gasteiger partial charge < -0.3 is 0 Å². The van der Waals surface area contributed by atoms with E-state index in [1.165, 1.54) is 32.1 Å². The first kappa shape index (κ1) is 10.9. The van der Waals surface area contributed by atoms with Gasteiger partial charge in [-0.25, -0.2) is 0 Å². The standard InChI is InChI=1S/C16H26/c1-10-6-5-7-13-15(16(13,3)4)14-11(2)8-9-12(10)14/h11-15H,1,5-9H2,2-4H3. The molecule has 3 saturated carbocycles. The van der Waals surface area contributed by atoms with Crippen LogP contribution in [-0.4, -0.2) is 0 Å². The van der Waals surface area contributed by atoms with Gasteiger partial charge in [-0.05, 0) is 67.1 Å². The molecular weight excluding hydrogens is 192 g/mol. The lowest BCUT2D eigenvalue weighted by atomic mass is 9.77. The van der Waals surface area contributed by atoms with Crippen LogP contribution in [0, 0.1) is 35.0 Å². The van der Waals surface area contributed by atoms with Gasteiger partial charge in [0.2, 0.25) is 0 Å². The fourth-order valence-electron chi connectivity index (χ4n) is 5.14. The van der Waals surface area contributed by atoms with Crippen molar-refractivity contribution in [3.8, 4) is 0 Å². The van der Waals surface area contributed by atoms with Gasteiger partial charge in [-0.15, -0.1) is 0 Å². The molecule has 3 aliphatic carbocycles. The van der Waals surface area contributed by atoms with Gasteiger partial charge in [0.05, 0.1) is 0 Å². The zero-order valence-corrected chi connectivity index (χ0v) is 11.1. The quantitative estimate of drug-likeness (QED) is 0.519. The van der Waals surface area contributed by atoms with E-state index in [-0.39, 0.29) is 0 Å². The van der Waals surface area contributed by atoms with Crippen molar-refractivity contribution in [2.75, 3.05) is 0 Å². The maximum Gasteiger partial charge on any atom is -0.0172 e. The average Bonchev–Trinajstić information content (AvgIpc) is 2.54. The van der Waals surface area contributed by atoms with Crippen LogP contribution in [-0.2, 0) is 0 Å². The van der Waals surface area contributed by atoms with E-state index >= 15 is 0 Å². The smallest absolute Gasteiger partial charge is 0.0172 e. The summed E-state index contributed by atoms with van der Waals surface area (Å²) < 4.78 is 0. The first-order chi connectivity index (χ1) is 7.53. The molecule has 0 aromatic rings. The number of hydrogen-bond acceptors (Lipinski definition) is 0. The second-order valence-electron chi connectivity index (χ2n) is 7.24. The van der Waals surface area contributed by atoms with Crippen molar-refractivity contribution in [3.05, 3.63) is 12.2 Å². The molecule has 5 atom stereocenters. The molecule has 3 aliphatic rings. The van der Waals surface area contributed by atoms with E-state index < -0.39 is 0 Å². The summed E-state index contributed by atoms with van der Waals surface area (Å²) in [5.74, 6) is 4.87. The highest BCUT2D eigenvalue weighted by atomic mass is 14.7. The molecule has 90 valence electrons. The highest BCUT2D eigenvalue weighted by Gasteiger charge is 2.63. The Hall–Kier alpha value is -0.260. The third-order valence-electron chi connectivity index (χ3n) is 6.15. The van der Waals surface area contributed by atoms with Crippen molar-refractivity contribution in [2.24, 2.45) is 35.0 Å². The zero-order valence-electron chi connectivity index (χ0n) is 11.1. The highest BCUT2D eigenvalue weighted by Crippen LogP contribution is 2.69. The van der Waals surface area contributed by atoms with Gasteiger partial charge in [0, 0.05) is 0 Å². The molecule has 0 aromatic heterocycles. The van der Waals surface area contributed by atoms with Crippen LogP contribution < -0.4 is 0 Å². The Morgan fingerprint density at radius 3 is 2.69 bits per heavy atom. The van der Waals surface area contributed by atoms with Gasteiger partial charge in [-0.1, -0.05) is 32.9 Å². The summed E-state index contributed by atoms with van der Waals surface area (Å²) >= 11 is 0. The van der Waals surface area contributed by atoms with E-state index in [2.05, 4.69) is 27.4 Å². The van der Waals surface area contributed by atoms with Crippen molar-refractivity contribution < 1.29 is 0 Å².